The van der Waals surface area contributed by atoms with Gasteiger partial charge < -0.3 is 14.1 Å². The van der Waals surface area contributed by atoms with Crippen LogP contribution in [0.4, 0.5) is 4.39 Å². The molecule has 1 aromatic carbocycles. The molecule has 0 N–H and O–H groups in total. The second-order valence-electron chi connectivity index (χ2n) is 5.25. The highest BCUT2D eigenvalue weighted by Gasteiger charge is 2.25. The zero-order valence-electron chi connectivity index (χ0n) is 13.2. The molecule has 0 saturated heterocycles. The zero-order valence-corrected chi connectivity index (χ0v) is 13.2. The lowest BCUT2D eigenvalue weighted by molar-refractivity contribution is -0.141. The van der Waals surface area contributed by atoms with Gasteiger partial charge >= 0.3 is 5.97 Å². The Hall–Kier alpha value is -2.63. The molecule has 0 saturated carbocycles. The van der Waals surface area contributed by atoms with Gasteiger partial charge in [0.05, 0.1) is 12.7 Å². The minimum Gasteiger partial charge on any atom is -0.468 e. The molecule has 1 aromatic heterocycles. The monoisotopic (exact) mass is 319 g/mol. The van der Waals surface area contributed by atoms with Gasteiger partial charge in [0, 0.05) is 6.04 Å². The molecule has 0 aliphatic heterocycles. The van der Waals surface area contributed by atoms with E-state index in [1.165, 1.54) is 30.2 Å². The maximum Gasteiger partial charge on any atom is 0.325 e. The van der Waals surface area contributed by atoms with Crippen molar-refractivity contribution in [1.82, 2.24) is 4.90 Å². The summed E-state index contributed by atoms with van der Waals surface area (Å²) in [5.41, 5.74) is 0.274. The van der Waals surface area contributed by atoms with E-state index < -0.39 is 17.7 Å². The summed E-state index contributed by atoms with van der Waals surface area (Å²) in [6, 6.07) is 8.92. The fourth-order valence-electron chi connectivity index (χ4n) is 2.09. The van der Waals surface area contributed by atoms with Gasteiger partial charge in [-0.05, 0) is 38.1 Å². The fourth-order valence-corrected chi connectivity index (χ4v) is 2.09. The van der Waals surface area contributed by atoms with Crippen LogP contribution >= 0.6 is 0 Å². The third-order valence-electron chi connectivity index (χ3n) is 3.37. The average Bonchev–Trinajstić information content (AvgIpc) is 3.01. The van der Waals surface area contributed by atoms with Crippen molar-refractivity contribution in [3.63, 3.8) is 0 Å². The number of nitrogens with zero attached hydrogens (tertiary/aromatic N) is 1. The smallest absolute Gasteiger partial charge is 0.325 e. The quantitative estimate of drug-likeness (QED) is 0.795. The van der Waals surface area contributed by atoms with Crippen LogP contribution in [-0.2, 0) is 9.53 Å². The molecular formula is C17H18FNO4. The highest BCUT2D eigenvalue weighted by Crippen LogP contribution is 2.25. The van der Waals surface area contributed by atoms with Crippen LogP contribution < -0.4 is 0 Å². The molecule has 0 aliphatic carbocycles. The molecule has 0 atom stereocenters. The molecule has 2 rings (SSSR count). The summed E-state index contributed by atoms with van der Waals surface area (Å²) in [7, 11) is 1.26. The van der Waals surface area contributed by atoms with Gasteiger partial charge in [-0.1, -0.05) is 12.1 Å². The molecule has 0 spiro atoms. The molecule has 1 amide bonds. The van der Waals surface area contributed by atoms with E-state index in [0.29, 0.717) is 0 Å². The van der Waals surface area contributed by atoms with E-state index in [1.807, 2.05) is 0 Å². The van der Waals surface area contributed by atoms with Crippen LogP contribution in [0.15, 0.2) is 40.8 Å². The number of ether oxygens (including phenoxy) is 1. The van der Waals surface area contributed by atoms with Gasteiger partial charge in [0.15, 0.2) is 5.76 Å². The fraction of sp³-hybridized carbons (Fsp3) is 0.294. The van der Waals surface area contributed by atoms with Crippen molar-refractivity contribution in [3.8, 4) is 11.3 Å². The number of methoxy groups -OCH3 is 1. The first-order valence-corrected chi connectivity index (χ1v) is 7.16. The molecule has 6 heteroatoms. The van der Waals surface area contributed by atoms with E-state index in [2.05, 4.69) is 4.74 Å². The zero-order chi connectivity index (χ0) is 17.0. The minimum atomic E-state index is -0.520. The minimum absolute atomic E-state index is 0.0425. The molecule has 1 heterocycles. The summed E-state index contributed by atoms with van der Waals surface area (Å²) >= 11 is 0. The van der Waals surface area contributed by atoms with Crippen molar-refractivity contribution >= 4 is 11.9 Å². The number of halogens is 1. The lowest BCUT2D eigenvalue weighted by Crippen LogP contribution is -2.40. The third-order valence-corrected chi connectivity index (χ3v) is 3.37. The predicted octanol–water partition coefficient (Wildman–Crippen LogP) is 3.11. The Kier molecular flexibility index (Phi) is 5.16. The van der Waals surface area contributed by atoms with Crippen LogP contribution in [0.3, 0.4) is 0 Å². The van der Waals surface area contributed by atoms with E-state index in [0.717, 1.165) is 0 Å². The topological polar surface area (TPSA) is 59.8 Å². The van der Waals surface area contributed by atoms with E-state index in [1.54, 1.807) is 32.0 Å². The molecule has 0 bridgehead atoms. The van der Waals surface area contributed by atoms with Crippen molar-refractivity contribution in [2.45, 2.75) is 19.9 Å². The maximum atomic E-state index is 13.8. The number of benzene rings is 1. The van der Waals surface area contributed by atoms with Crippen molar-refractivity contribution in [2.24, 2.45) is 0 Å². The highest BCUT2D eigenvalue weighted by molar-refractivity contribution is 5.94. The van der Waals surface area contributed by atoms with E-state index in [9.17, 15) is 14.0 Å². The van der Waals surface area contributed by atoms with E-state index in [-0.39, 0.29) is 29.7 Å². The number of carbonyl (C=O) groups excluding carboxylic acids is 2. The van der Waals surface area contributed by atoms with E-state index >= 15 is 0 Å². The Morgan fingerprint density at radius 2 is 1.91 bits per heavy atom. The lowest BCUT2D eigenvalue weighted by atomic mass is 10.1. The van der Waals surface area contributed by atoms with Gasteiger partial charge in [-0.2, -0.15) is 0 Å². The lowest BCUT2D eigenvalue weighted by Gasteiger charge is -2.24. The Morgan fingerprint density at radius 3 is 2.52 bits per heavy atom. The first-order valence-electron chi connectivity index (χ1n) is 7.16. The Morgan fingerprint density at radius 1 is 1.22 bits per heavy atom. The van der Waals surface area contributed by atoms with Crippen LogP contribution in [0.2, 0.25) is 0 Å². The number of rotatable bonds is 5. The van der Waals surface area contributed by atoms with Crippen molar-refractivity contribution < 1.29 is 23.1 Å². The van der Waals surface area contributed by atoms with Gasteiger partial charge in [0.2, 0.25) is 0 Å². The summed E-state index contributed by atoms with van der Waals surface area (Å²) in [5.74, 6) is -1.11. The Bertz CT molecular complexity index is 708. The summed E-state index contributed by atoms with van der Waals surface area (Å²) in [6.07, 6.45) is 0. The first kappa shape index (κ1) is 16.7. The van der Waals surface area contributed by atoms with Crippen LogP contribution in [-0.4, -0.2) is 36.5 Å². The van der Waals surface area contributed by atoms with Gasteiger partial charge in [0.25, 0.3) is 5.91 Å². The number of furan rings is 1. The molecule has 0 aliphatic rings. The van der Waals surface area contributed by atoms with Crippen LogP contribution in [0.1, 0.15) is 24.4 Å². The molecule has 5 nitrogen and oxygen atoms in total. The van der Waals surface area contributed by atoms with Gasteiger partial charge in [-0.3, -0.25) is 9.59 Å². The molecule has 23 heavy (non-hydrogen) atoms. The highest BCUT2D eigenvalue weighted by atomic mass is 19.1. The largest absolute Gasteiger partial charge is 0.468 e. The number of hydrogen-bond donors (Lipinski definition) is 0. The molecule has 122 valence electrons. The SMILES string of the molecule is COC(=O)CN(C(=O)c1ccc(-c2ccccc2F)o1)C(C)C. The number of hydrogen-bond acceptors (Lipinski definition) is 4. The van der Waals surface area contributed by atoms with Crippen LogP contribution in [0, 0.1) is 5.82 Å². The summed E-state index contributed by atoms with van der Waals surface area (Å²) < 4.78 is 23.8. The standard InChI is InChI=1S/C17H18FNO4/c1-11(2)19(10-16(20)22-3)17(21)15-9-8-14(23-15)12-6-4-5-7-13(12)18/h4-9,11H,10H2,1-3H3. The van der Waals surface area contributed by atoms with Crippen molar-refractivity contribution in [1.29, 1.82) is 0 Å². The Balaban J connectivity index is 2.26. The molecule has 0 unspecified atom stereocenters. The third kappa shape index (κ3) is 3.77. The molecule has 2 aromatic rings. The van der Waals surface area contributed by atoms with Gasteiger partial charge in [-0.25, -0.2) is 4.39 Å². The normalized spacial score (nSPS) is 10.7. The van der Waals surface area contributed by atoms with Gasteiger partial charge in [0.1, 0.15) is 18.1 Å². The first-order chi connectivity index (χ1) is 10.9. The van der Waals surface area contributed by atoms with E-state index in [4.69, 9.17) is 4.42 Å². The number of esters is 1. The summed E-state index contributed by atoms with van der Waals surface area (Å²) in [4.78, 5) is 25.3. The molecule has 0 fully saturated rings. The Labute approximate surface area is 133 Å². The van der Waals surface area contributed by atoms with Crippen LogP contribution in [0.25, 0.3) is 11.3 Å². The molecule has 0 radical (unpaired) electrons. The second-order valence-corrected chi connectivity index (χ2v) is 5.25. The maximum absolute atomic E-state index is 13.8. The van der Waals surface area contributed by atoms with Gasteiger partial charge in [-0.15, -0.1) is 0 Å². The number of carbonyl (C=O) groups is 2. The van der Waals surface area contributed by atoms with Crippen molar-refractivity contribution in [2.75, 3.05) is 13.7 Å². The molecular weight excluding hydrogens is 301 g/mol. The summed E-state index contributed by atoms with van der Waals surface area (Å²) in [5, 5.41) is 0. The summed E-state index contributed by atoms with van der Waals surface area (Å²) in [6.45, 7) is 3.38. The van der Waals surface area contributed by atoms with Crippen LogP contribution in [0.5, 0.6) is 0 Å². The predicted molar refractivity (Wildman–Crippen MR) is 82.3 cm³/mol. The second kappa shape index (κ2) is 7.09. The number of amides is 1. The average molecular weight is 319 g/mol. The van der Waals surface area contributed by atoms with Crippen molar-refractivity contribution in [3.05, 3.63) is 48.0 Å².